The van der Waals surface area contributed by atoms with Crippen molar-refractivity contribution in [2.75, 3.05) is 32.1 Å². The molecule has 5 heteroatoms. The monoisotopic (exact) mass is 247 g/mol. The SMILES string of the molecule is CCO[C@@H]1CSC2(C1)CN(C(=O)CCF)C2. The van der Waals surface area contributed by atoms with Gasteiger partial charge < -0.3 is 9.64 Å². The molecule has 0 aromatic carbocycles. The number of nitrogens with zero attached hydrogens (tertiary/aromatic N) is 1. The summed E-state index contributed by atoms with van der Waals surface area (Å²) in [4.78, 5) is 13.2. The van der Waals surface area contributed by atoms with Gasteiger partial charge in [0.05, 0.1) is 23.9 Å². The van der Waals surface area contributed by atoms with Crippen LogP contribution in [0.1, 0.15) is 19.8 Å². The molecular formula is C11H18FNO2S. The van der Waals surface area contributed by atoms with Gasteiger partial charge >= 0.3 is 0 Å². The second kappa shape index (κ2) is 4.92. The molecular weight excluding hydrogens is 229 g/mol. The summed E-state index contributed by atoms with van der Waals surface area (Å²) in [6.45, 7) is 3.77. The van der Waals surface area contributed by atoms with Crippen LogP contribution in [0.2, 0.25) is 0 Å². The summed E-state index contributed by atoms with van der Waals surface area (Å²) < 4.78 is 17.8. The molecule has 16 heavy (non-hydrogen) atoms. The summed E-state index contributed by atoms with van der Waals surface area (Å²) in [6.07, 6.45) is 1.41. The summed E-state index contributed by atoms with van der Waals surface area (Å²) in [7, 11) is 0. The number of carbonyl (C=O) groups is 1. The van der Waals surface area contributed by atoms with Gasteiger partial charge in [-0.1, -0.05) is 0 Å². The van der Waals surface area contributed by atoms with E-state index < -0.39 is 6.67 Å². The van der Waals surface area contributed by atoms with E-state index in [-0.39, 0.29) is 17.1 Å². The lowest BCUT2D eigenvalue weighted by atomic mass is 9.92. The number of ether oxygens (including phenoxy) is 1. The second-order valence-corrected chi connectivity index (χ2v) is 5.95. The smallest absolute Gasteiger partial charge is 0.225 e. The number of carbonyl (C=O) groups excluding carboxylic acids is 1. The molecule has 0 aliphatic carbocycles. The van der Waals surface area contributed by atoms with Gasteiger partial charge in [0.25, 0.3) is 0 Å². The zero-order valence-electron chi connectivity index (χ0n) is 9.58. The highest BCUT2D eigenvalue weighted by Crippen LogP contribution is 2.46. The van der Waals surface area contributed by atoms with Crippen LogP contribution in [0.5, 0.6) is 0 Å². The Labute approximate surface area is 99.7 Å². The molecule has 3 nitrogen and oxygen atoms in total. The first kappa shape index (κ1) is 12.2. The zero-order valence-corrected chi connectivity index (χ0v) is 10.4. The lowest BCUT2D eigenvalue weighted by Gasteiger charge is -2.47. The van der Waals surface area contributed by atoms with Gasteiger partial charge in [-0.05, 0) is 13.3 Å². The molecule has 2 fully saturated rings. The predicted molar refractivity (Wildman–Crippen MR) is 62.4 cm³/mol. The summed E-state index contributed by atoms with van der Waals surface area (Å²) in [5, 5.41) is 0. The standard InChI is InChI=1S/C11H18FNO2S/c1-2-15-9-5-11(16-6-9)7-13(8-11)10(14)3-4-12/h9H,2-8H2,1H3/t9-/m0/s1. The molecule has 0 saturated carbocycles. The predicted octanol–water partition coefficient (Wildman–Crippen LogP) is 1.47. The van der Waals surface area contributed by atoms with E-state index in [0.29, 0.717) is 6.10 Å². The number of hydrogen-bond donors (Lipinski definition) is 0. The maximum Gasteiger partial charge on any atom is 0.225 e. The van der Waals surface area contributed by atoms with E-state index in [2.05, 4.69) is 0 Å². The Kier molecular flexibility index (Phi) is 3.74. The van der Waals surface area contributed by atoms with E-state index in [0.717, 1.165) is 31.9 Å². The molecule has 0 unspecified atom stereocenters. The Bertz CT molecular complexity index is 269. The van der Waals surface area contributed by atoms with Gasteiger partial charge in [-0.3, -0.25) is 9.18 Å². The zero-order chi connectivity index (χ0) is 11.6. The number of amides is 1. The molecule has 0 aromatic rings. The third-order valence-electron chi connectivity index (χ3n) is 3.20. The van der Waals surface area contributed by atoms with Crippen molar-refractivity contribution in [3.05, 3.63) is 0 Å². The van der Waals surface area contributed by atoms with Gasteiger partial charge in [0.2, 0.25) is 5.91 Å². The highest BCUT2D eigenvalue weighted by atomic mass is 32.2. The van der Waals surface area contributed by atoms with Crippen LogP contribution in [0.4, 0.5) is 4.39 Å². The molecule has 2 heterocycles. The maximum absolute atomic E-state index is 12.0. The van der Waals surface area contributed by atoms with Crippen LogP contribution in [-0.2, 0) is 9.53 Å². The number of hydrogen-bond acceptors (Lipinski definition) is 3. The van der Waals surface area contributed by atoms with Crippen molar-refractivity contribution in [3.8, 4) is 0 Å². The Morgan fingerprint density at radius 1 is 1.62 bits per heavy atom. The summed E-state index contributed by atoms with van der Waals surface area (Å²) in [5.74, 6) is 0.979. The van der Waals surface area contributed by atoms with Crippen LogP contribution < -0.4 is 0 Å². The molecule has 2 aliphatic rings. The second-order valence-electron chi connectivity index (χ2n) is 4.46. The van der Waals surface area contributed by atoms with Gasteiger partial charge in [0, 0.05) is 25.4 Å². The first-order chi connectivity index (χ1) is 7.69. The number of rotatable bonds is 4. The number of halogens is 1. The van der Waals surface area contributed by atoms with E-state index in [9.17, 15) is 9.18 Å². The van der Waals surface area contributed by atoms with Gasteiger partial charge in [0.15, 0.2) is 0 Å². The highest BCUT2D eigenvalue weighted by Gasteiger charge is 2.50. The first-order valence-corrected chi connectivity index (χ1v) is 6.77. The van der Waals surface area contributed by atoms with Crippen LogP contribution in [0.15, 0.2) is 0 Å². The molecule has 1 spiro atoms. The average molecular weight is 247 g/mol. The van der Waals surface area contributed by atoms with E-state index in [1.54, 1.807) is 4.90 Å². The molecule has 0 N–H and O–H groups in total. The van der Waals surface area contributed by atoms with Gasteiger partial charge in [-0.2, -0.15) is 0 Å². The molecule has 2 rings (SSSR count). The van der Waals surface area contributed by atoms with E-state index in [1.165, 1.54) is 0 Å². The lowest BCUT2D eigenvalue weighted by molar-refractivity contribution is -0.137. The molecule has 1 amide bonds. The van der Waals surface area contributed by atoms with E-state index >= 15 is 0 Å². The van der Waals surface area contributed by atoms with Crippen LogP contribution in [0, 0.1) is 0 Å². The molecule has 92 valence electrons. The molecule has 0 bridgehead atoms. The Hall–Kier alpha value is -0.290. The average Bonchev–Trinajstić information content (AvgIpc) is 2.61. The Morgan fingerprint density at radius 3 is 3.00 bits per heavy atom. The number of thioether (sulfide) groups is 1. The molecule has 2 saturated heterocycles. The topological polar surface area (TPSA) is 29.5 Å². The quantitative estimate of drug-likeness (QED) is 0.753. The van der Waals surface area contributed by atoms with Crippen molar-refractivity contribution < 1.29 is 13.9 Å². The third-order valence-corrected chi connectivity index (χ3v) is 4.77. The fourth-order valence-electron chi connectivity index (χ4n) is 2.43. The fourth-order valence-corrected chi connectivity index (χ4v) is 3.98. The van der Waals surface area contributed by atoms with Crippen molar-refractivity contribution in [2.45, 2.75) is 30.6 Å². The van der Waals surface area contributed by atoms with Crippen molar-refractivity contribution in [3.63, 3.8) is 0 Å². The molecule has 2 aliphatic heterocycles. The summed E-state index contributed by atoms with van der Waals surface area (Å²) in [6, 6.07) is 0. The third kappa shape index (κ3) is 2.35. The van der Waals surface area contributed by atoms with Crippen LogP contribution in [0.25, 0.3) is 0 Å². The van der Waals surface area contributed by atoms with Gasteiger partial charge in [-0.15, -0.1) is 11.8 Å². The van der Waals surface area contributed by atoms with Gasteiger partial charge in [0.1, 0.15) is 0 Å². The Balaban J connectivity index is 1.77. The minimum Gasteiger partial charge on any atom is -0.378 e. The highest BCUT2D eigenvalue weighted by molar-refractivity contribution is 8.01. The molecule has 0 aromatic heterocycles. The minimum atomic E-state index is -0.545. The normalized spacial score (nSPS) is 27.1. The Morgan fingerprint density at radius 2 is 2.38 bits per heavy atom. The maximum atomic E-state index is 12.0. The summed E-state index contributed by atoms with van der Waals surface area (Å²) in [5.41, 5.74) is 0. The fraction of sp³-hybridized carbons (Fsp3) is 0.909. The van der Waals surface area contributed by atoms with Crippen molar-refractivity contribution in [1.82, 2.24) is 4.90 Å². The lowest BCUT2D eigenvalue weighted by Crippen LogP contribution is -2.60. The van der Waals surface area contributed by atoms with Crippen LogP contribution in [0.3, 0.4) is 0 Å². The number of likely N-dealkylation sites (tertiary alicyclic amines) is 1. The molecule has 0 radical (unpaired) electrons. The number of alkyl halides is 1. The van der Waals surface area contributed by atoms with Crippen molar-refractivity contribution in [2.24, 2.45) is 0 Å². The van der Waals surface area contributed by atoms with E-state index in [4.69, 9.17) is 4.74 Å². The summed E-state index contributed by atoms with van der Waals surface area (Å²) >= 11 is 1.91. The van der Waals surface area contributed by atoms with Crippen LogP contribution in [-0.4, -0.2) is 53.8 Å². The largest absolute Gasteiger partial charge is 0.378 e. The molecule has 1 atom stereocenters. The first-order valence-electron chi connectivity index (χ1n) is 5.78. The van der Waals surface area contributed by atoms with E-state index in [1.807, 2.05) is 18.7 Å². The van der Waals surface area contributed by atoms with Crippen molar-refractivity contribution >= 4 is 17.7 Å². The van der Waals surface area contributed by atoms with Crippen LogP contribution >= 0.6 is 11.8 Å². The minimum absolute atomic E-state index is 0.0373. The van der Waals surface area contributed by atoms with Gasteiger partial charge in [-0.25, -0.2) is 0 Å². The van der Waals surface area contributed by atoms with Crippen molar-refractivity contribution in [1.29, 1.82) is 0 Å².